The molecule has 2 N–H and O–H groups in total. The average molecular weight is 238 g/mol. The zero-order chi connectivity index (χ0) is 12.4. The minimum absolute atomic E-state index is 0.487. The molecular formula is C11H12F2N4. The number of rotatable bonds is 3. The number of nitrogens with two attached hydrogens (primary N) is 1. The molecule has 1 aromatic carbocycles. The first-order valence-electron chi connectivity index (χ1n) is 5.22. The first kappa shape index (κ1) is 11.7. The van der Waals surface area contributed by atoms with E-state index in [1.807, 2.05) is 6.92 Å². The Labute approximate surface area is 97.0 Å². The summed E-state index contributed by atoms with van der Waals surface area (Å²) in [6, 6.07) is 3.04. The van der Waals surface area contributed by atoms with Gasteiger partial charge in [-0.3, -0.25) is 0 Å². The van der Waals surface area contributed by atoms with Crippen LogP contribution in [0.5, 0.6) is 0 Å². The van der Waals surface area contributed by atoms with E-state index in [-0.39, 0.29) is 0 Å². The Hall–Kier alpha value is -1.82. The summed E-state index contributed by atoms with van der Waals surface area (Å²) in [6.45, 7) is 2.52. The summed E-state index contributed by atoms with van der Waals surface area (Å²) >= 11 is 0. The third-order valence-corrected chi connectivity index (χ3v) is 2.57. The van der Waals surface area contributed by atoms with Gasteiger partial charge >= 0.3 is 0 Å². The number of aryl methyl sites for hydroxylation is 1. The average Bonchev–Trinajstić information content (AvgIpc) is 2.80. The molecule has 1 heterocycles. The lowest BCUT2D eigenvalue weighted by atomic mass is 10.0. The Morgan fingerprint density at radius 1 is 1.35 bits per heavy atom. The molecule has 0 saturated carbocycles. The Kier molecular flexibility index (Phi) is 3.14. The minimum atomic E-state index is -0.909. The van der Waals surface area contributed by atoms with Crippen molar-refractivity contribution in [2.75, 3.05) is 0 Å². The number of nitrogens with zero attached hydrogens (tertiary/aromatic N) is 3. The lowest BCUT2D eigenvalue weighted by Crippen LogP contribution is -2.17. The summed E-state index contributed by atoms with van der Waals surface area (Å²) in [7, 11) is 0. The molecule has 0 saturated heterocycles. The van der Waals surface area contributed by atoms with E-state index < -0.39 is 17.7 Å². The van der Waals surface area contributed by atoms with Crippen molar-refractivity contribution >= 4 is 0 Å². The van der Waals surface area contributed by atoms with Crippen LogP contribution in [-0.4, -0.2) is 15.0 Å². The molecule has 6 heteroatoms. The molecule has 2 aromatic rings. The van der Waals surface area contributed by atoms with Crippen molar-refractivity contribution in [2.24, 2.45) is 5.73 Å². The quantitative estimate of drug-likeness (QED) is 0.884. The Morgan fingerprint density at radius 3 is 2.76 bits per heavy atom. The zero-order valence-electron chi connectivity index (χ0n) is 9.27. The van der Waals surface area contributed by atoms with Gasteiger partial charge in [-0.2, -0.15) is 0 Å². The predicted octanol–water partition coefficient (Wildman–Crippen LogP) is 1.62. The van der Waals surface area contributed by atoms with Crippen LogP contribution >= 0.6 is 0 Å². The van der Waals surface area contributed by atoms with E-state index in [0.717, 1.165) is 12.1 Å². The van der Waals surface area contributed by atoms with Gasteiger partial charge in [0.15, 0.2) is 11.6 Å². The largest absolute Gasteiger partial charge is 0.319 e. The summed E-state index contributed by atoms with van der Waals surface area (Å²) in [4.78, 5) is 0. The molecule has 1 unspecified atom stereocenters. The maximum atomic E-state index is 13.1. The van der Waals surface area contributed by atoms with Gasteiger partial charge < -0.3 is 5.73 Å². The van der Waals surface area contributed by atoms with Crippen LogP contribution in [0.2, 0.25) is 0 Å². The van der Waals surface area contributed by atoms with Crippen molar-refractivity contribution in [3.05, 3.63) is 47.3 Å². The zero-order valence-corrected chi connectivity index (χ0v) is 9.27. The van der Waals surface area contributed by atoms with E-state index in [0.29, 0.717) is 17.8 Å². The van der Waals surface area contributed by atoms with Gasteiger partial charge in [-0.15, -0.1) is 5.10 Å². The molecule has 0 aliphatic carbocycles. The van der Waals surface area contributed by atoms with Crippen molar-refractivity contribution in [1.82, 2.24) is 15.0 Å². The van der Waals surface area contributed by atoms with Crippen molar-refractivity contribution < 1.29 is 8.78 Å². The van der Waals surface area contributed by atoms with Crippen LogP contribution in [0.15, 0.2) is 24.4 Å². The second-order valence-corrected chi connectivity index (χ2v) is 3.63. The van der Waals surface area contributed by atoms with Gasteiger partial charge in [0, 0.05) is 6.54 Å². The number of hydrogen-bond donors (Lipinski definition) is 1. The number of hydrogen-bond acceptors (Lipinski definition) is 3. The molecule has 2 rings (SSSR count). The van der Waals surface area contributed by atoms with E-state index in [1.54, 1.807) is 4.68 Å². The minimum Gasteiger partial charge on any atom is -0.319 e. The monoisotopic (exact) mass is 238 g/mol. The topological polar surface area (TPSA) is 56.7 Å². The molecule has 90 valence electrons. The highest BCUT2D eigenvalue weighted by Gasteiger charge is 2.15. The fourth-order valence-corrected chi connectivity index (χ4v) is 1.63. The van der Waals surface area contributed by atoms with Crippen molar-refractivity contribution in [3.63, 3.8) is 0 Å². The van der Waals surface area contributed by atoms with Crippen LogP contribution in [0, 0.1) is 11.6 Å². The van der Waals surface area contributed by atoms with E-state index in [1.165, 1.54) is 12.3 Å². The first-order valence-corrected chi connectivity index (χ1v) is 5.22. The van der Waals surface area contributed by atoms with E-state index in [4.69, 9.17) is 5.73 Å². The van der Waals surface area contributed by atoms with Crippen molar-refractivity contribution in [2.45, 2.75) is 19.5 Å². The third kappa shape index (κ3) is 2.16. The van der Waals surface area contributed by atoms with Crippen molar-refractivity contribution in [3.8, 4) is 0 Å². The second-order valence-electron chi connectivity index (χ2n) is 3.63. The van der Waals surface area contributed by atoms with Crippen LogP contribution in [0.1, 0.15) is 24.2 Å². The highest BCUT2D eigenvalue weighted by Crippen LogP contribution is 2.20. The van der Waals surface area contributed by atoms with E-state index in [2.05, 4.69) is 10.3 Å². The molecule has 0 spiro atoms. The molecule has 1 atom stereocenters. The Bertz CT molecular complexity index is 524. The highest BCUT2D eigenvalue weighted by molar-refractivity contribution is 5.27. The normalized spacial score (nSPS) is 12.7. The van der Waals surface area contributed by atoms with Crippen LogP contribution in [-0.2, 0) is 6.54 Å². The molecule has 1 aromatic heterocycles. The standard InChI is InChI=1S/C11H12F2N4/c1-2-17-10(6-15-16-17)11(14)7-3-4-8(12)9(13)5-7/h3-6,11H,2,14H2,1H3. The predicted molar refractivity (Wildman–Crippen MR) is 58.1 cm³/mol. The summed E-state index contributed by atoms with van der Waals surface area (Å²) in [6.07, 6.45) is 1.52. The molecule has 0 radical (unpaired) electrons. The van der Waals surface area contributed by atoms with E-state index in [9.17, 15) is 8.78 Å². The summed E-state index contributed by atoms with van der Waals surface area (Å²) in [5.74, 6) is -1.79. The molecule has 0 aliphatic heterocycles. The van der Waals surface area contributed by atoms with Gasteiger partial charge in [0.1, 0.15) is 0 Å². The molecule has 4 nitrogen and oxygen atoms in total. The van der Waals surface area contributed by atoms with E-state index >= 15 is 0 Å². The molecule has 0 amide bonds. The maximum absolute atomic E-state index is 13.1. The number of benzene rings is 1. The fourth-order valence-electron chi connectivity index (χ4n) is 1.63. The summed E-state index contributed by atoms with van der Waals surface area (Å²) in [5, 5.41) is 7.58. The molecule has 0 fully saturated rings. The molecule has 0 aliphatic rings. The lowest BCUT2D eigenvalue weighted by molar-refractivity contribution is 0.505. The maximum Gasteiger partial charge on any atom is 0.159 e. The van der Waals surface area contributed by atoms with Gasteiger partial charge in [0.25, 0.3) is 0 Å². The Morgan fingerprint density at radius 2 is 2.12 bits per heavy atom. The SMILES string of the molecule is CCn1nncc1C(N)c1ccc(F)c(F)c1. The van der Waals surface area contributed by atoms with Gasteiger partial charge in [0.05, 0.1) is 17.9 Å². The van der Waals surface area contributed by atoms with Crippen LogP contribution in [0.25, 0.3) is 0 Å². The summed E-state index contributed by atoms with van der Waals surface area (Å²) < 4.78 is 27.5. The molecule has 17 heavy (non-hydrogen) atoms. The molecule has 0 bridgehead atoms. The second kappa shape index (κ2) is 4.58. The van der Waals surface area contributed by atoms with Gasteiger partial charge in [-0.1, -0.05) is 11.3 Å². The Balaban J connectivity index is 2.36. The smallest absolute Gasteiger partial charge is 0.159 e. The number of halogens is 2. The van der Waals surface area contributed by atoms with Crippen molar-refractivity contribution in [1.29, 1.82) is 0 Å². The molecular weight excluding hydrogens is 226 g/mol. The van der Waals surface area contributed by atoms with Gasteiger partial charge in [-0.05, 0) is 24.6 Å². The van der Waals surface area contributed by atoms with Gasteiger partial charge in [-0.25, -0.2) is 13.5 Å². The van der Waals surface area contributed by atoms with Crippen LogP contribution in [0.4, 0.5) is 8.78 Å². The highest BCUT2D eigenvalue weighted by atomic mass is 19.2. The number of aromatic nitrogens is 3. The summed E-state index contributed by atoms with van der Waals surface area (Å²) in [5.41, 5.74) is 7.12. The first-order chi connectivity index (χ1) is 8.13. The van der Waals surface area contributed by atoms with Crippen LogP contribution in [0.3, 0.4) is 0 Å². The fraction of sp³-hybridized carbons (Fsp3) is 0.273. The third-order valence-electron chi connectivity index (χ3n) is 2.57. The van der Waals surface area contributed by atoms with Gasteiger partial charge in [0.2, 0.25) is 0 Å². The lowest BCUT2D eigenvalue weighted by Gasteiger charge is -2.12. The van der Waals surface area contributed by atoms with Crippen LogP contribution < -0.4 is 5.73 Å².